The maximum Gasteiger partial charge on any atom is 0.339 e. The fraction of sp³-hybridized carbons (Fsp3) is 0. The van der Waals surface area contributed by atoms with E-state index in [0.29, 0.717) is 0 Å². The van der Waals surface area contributed by atoms with Gasteiger partial charge in [0.1, 0.15) is 16.5 Å². The summed E-state index contributed by atoms with van der Waals surface area (Å²) in [5.41, 5.74) is -0.245. The maximum absolute atomic E-state index is 10.3. The van der Waals surface area contributed by atoms with E-state index < -0.39 is 5.97 Å². The number of carbonyl (C=O) groups is 1. The molecule has 1 heterocycles. The Morgan fingerprint density at radius 1 is 1.64 bits per heavy atom. The summed E-state index contributed by atoms with van der Waals surface area (Å²) in [5.74, 6) is -1.62. The second-order valence-electron chi connectivity index (χ2n) is 1.83. The van der Waals surface area contributed by atoms with Gasteiger partial charge in [-0.3, -0.25) is 0 Å². The van der Waals surface area contributed by atoms with Gasteiger partial charge in [0.05, 0.1) is 6.20 Å². The normalized spacial score (nSPS) is 9.55. The molecule has 11 heavy (non-hydrogen) atoms. The minimum atomic E-state index is -1.23. The first-order valence-electron chi connectivity index (χ1n) is 2.69. The SMILES string of the molecule is O=C(O)c1cc(Cl)ncc1O. The van der Waals surface area contributed by atoms with Gasteiger partial charge in [0.15, 0.2) is 0 Å². The molecule has 1 aromatic heterocycles. The van der Waals surface area contributed by atoms with Gasteiger partial charge in [-0.2, -0.15) is 0 Å². The van der Waals surface area contributed by atoms with Crippen LogP contribution in [0.2, 0.25) is 5.15 Å². The minimum absolute atomic E-state index is 0.0419. The second kappa shape index (κ2) is 2.75. The zero-order chi connectivity index (χ0) is 8.43. The third-order valence-corrected chi connectivity index (χ3v) is 1.29. The van der Waals surface area contributed by atoms with E-state index in [2.05, 4.69) is 4.98 Å². The second-order valence-corrected chi connectivity index (χ2v) is 2.22. The van der Waals surface area contributed by atoms with Gasteiger partial charge in [-0.1, -0.05) is 11.6 Å². The lowest BCUT2D eigenvalue weighted by Crippen LogP contribution is -1.96. The smallest absolute Gasteiger partial charge is 0.339 e. The molecule has 0 fully saturated rings. The quantitative estimate of drug-likeness (QED) is 0.625. The Balaban J connectivity index is 3.23. The lowest BCUT2D eigenvalue weighted by Gasteiger charge is -1.96. The molecule has 1 rings (SSSR count). The molecule has 0 aliphatic rings. The fourth-order valence-corrected chi connectivity index (χ4v) is 0.752. The van der Waals surface area contributed by atoms with Crippen molar-refractivity contribution in [3.63, 3.8) is 0 Å². The molecule has 0 atom stereocenters. The molecule has 0 aromatic carbocycles. The Kier molecular flexibility index (Phi) is 1.96. The van der Waals surface area contributed by atoms with Crippen LogP contribution in [0.25, 0.3) is 0 Å². The van der Waals surface area contributed by atoms with E-state index >= 15 is 0 Å². The van der Waals surface area contributed by atoms with Crippen molar-refractivity contribution in [1.29, 1.82) is 0 Å². The van der Waals surface area contributed by atoms with E-state index in [-0.39, 0.29) is 16.5 Å². The number of rotatable bonds is 1. The summed E-state index contributed by atoms with van der Waals surface area (Å²) in [4.78, 5) is 13.8. The number of aromatic nitrogens is 1. The maximum atomic E-state index is 10.3. The van der Waals surface area contributed by atoms with Crippen molar-refractivity contribution in [2.45, 2.75) is 0 Å². The van der Waals surface area contributed by atoms with E-state index in [0.717, 1.165) is 12.3 Å². The highest BCUT2D eigenvalue weighted by atomic mass is 35.5. The first-order valence-corrected chi connectivity index (χ1v) is 3.07. The number of nitrogens with zero attached hydrogens (tertiary/aromatic N) is 1. The van der Waals surface area contributed by atoms with Gasteiger partial charge in [0, 0.05) is 0 Å². The number of aromatic carboxylic acids is 1. The van der Waals surface area contributed by atoms with E-state index in [1.54, 1.807) is 0 Å². The highest BCUT2D eigenvalue weighted by Gasteiger charge is 2.09. The lowest BCUT2D eigenvalue weighted by molar-refractivity contribution is 0.0693. The molecule has 0 aliphatic carbocycles. The standard InChI is InChI=1S/C6H4ClNO3/c7-5-1-3(6(10)11)4(9)2-8-5/h1-2,9H,(H,10,11). The first-order chi connectivity index (χ1) is 5.11. The van der Waals surface area contributed by atoms with Crippen LogP contribution >= 0.6 is 11.6 Å². The Hall–Kier alpha value is -1.29. The van der Waals surface area contributed by atoms with E-state index in [1.165, 1.54) is 0 Å². The molecule has 4 nitrogen and oxygen atoms in total. The third kappa shape index (κ3) is 1.59. The van der Waals surface area contributed by atoms with Crippen molar-refractivity contribution in [3.05, 3.63) is 23.0 Å². The third-order valence-electron chi connectivity index (χ3n) is 1.08. The van der Waals surface area contributed by atoms with Crippen molar-refractivity contribution < 1.29 is 15.0 Å². The van der Waals surface area contributed by atoms with E-state index in [9.17, 15) is 4.79 Å². The van der Waals surface area contributed by atoms with Crippen LogP contribution in [-0.2, 0) is 0 Å². The Labute approximate surface area is 67.1 Å². The van der Waals surface area contributed by atoms with Gasteiger partial charge >= 0.3 is 5.97 Å². The molecular formula is C6H4ClNO3. The summed E-state index contributed by atoms with van der Waals surface area (Å²) in [5, 5.41) is 17.4. The Morgan fingerprint density at radius 3 is 2.73 bits per heavy atom. The summed E-state index contributed by atoms with van der Waals surface area (Å²) in [6, 6.07) is 1.08. The zero-order valence-corrected chi connectivity index (χ0v) is 6.04. The molecule has 0 spiro atoms. The number of carboxylic acid groups (broad SMARTS) is 1. The van der Waals surface area contributed by atoms with Crippen LogP contribution in [0.15, 0.2) is 12.3 Å². The molecule has 0 radical (unpaired) electrons. The molecule has 0 saturated carbocycles. The van der Waals surface area contributed by atoms with Crippen LogP contribution in [0.3, 0.4) is 0 Å². The Bertz CT molecular complexity index is 300. The molecule has 0 saturated heterocycles. The van der Waals surface area contributed by atoms with Crippen LogP contribution in [0.1, 0.15) is 10.4 Å². The number of aromatic hydroxyl groups is 1. The summed E-state index contributed by atoms with van der Waals surface area (Å²) in [6.45, 7) is 0. The fourth-order valence-electron chi connectivity index (χ4n) is 0.594. The molecule has 0 unspecified atom stereocenters. The minimum Gasteiger partial charge on any atom is -0.505 e. The van der Waals surface area contributed by atoms with Gasteiger partial charge in [0.25, 0.3) is 0 Å². The molecule has 0 amide bonds. The van der Waals surface area contributed by atoms with Crippen molar-refractivity contribution in [2.75, 3.05) is 0 Å². The van der Waals surface area contributed by atoms with Gasteiger partial charge in [-0.15, -0.1) is 0 Å². The number of pyridine rings is 1. The van der Waals surface area contributed by atoms with Crippen LogP contribution in [-0.4, -0.2) is 21.2 Å². The molecule has 0 bridgehead atoms. The number of halogens is 1. The van der Waals surface area contributed by atoms with Crippen molar-refractivity contribution in [2.24, 2.45) is 0 Å². The van der Waals surface area contributed by atoms with Crippen LogP contribution in [0.5, 0.6) is 5.75 Å². The largest absolute Gasteiger partial charge is 0.505 e. The average molecular weight is 174 g/mol. The summed E-state index contributed by atoms with van der Waals surface area (Å²) >= 11 is 5.38. The molecular weight excluding hydrogens is 170 g/mol. The Morgan fingerprint density at radius 2 is 2.27 bits per heavy atom. The number of carboxylic acids is 1. The van der Waals surface area contributed by atoms with Crippen molar-refractivity contribution >= 4 is 17.6 Å². The predicted molar refractivity (Wildman–Crippen MR) is 37.9 cm³/mol. The lowest BCUT2D eigenvalue weighted by atomic mass is 10.2. The average Bonchev–Trinajstić information content (AvgIpc) is 1.94. The molecule has 2 N–H and O–H groups in total. The molecule has 5 heteroatoms. The predicted octanol–water partition coefficient (Wildman–Crippen LogP) is 1.14. The van der Waals surface area contributed by atoms with Gasteiger partial charge in [-0.05, 0) is 6.07 Å². The highest BCUT2D eigenvalue weighted by molar-refractivity contribution is 6.29. The van der Waals surface area contributed by atoms with E-state index in [4.69, 9.17) is 21.8 Å². The topological polar surface area (TPSA) is 70.4 Å². The highest BCUT2D eigenvalue weighted by Crippen LogP contribution is 2.18. The first kappa shape index (κ1) is 7.81. The summed E-state index contributed by atoms with van der Waals surface area (Å²) < 4.78 is 0. The monoisotopic (exact) mass is 173 g/mol. The molecule has 0 aliphatic heterocycles. The molecule has 1 aromatic rings. The van der Waals surface area contributed by atoms with Crippen LogP contribution in [0, 0.1) is 0 Å². The number of hydrogen-bond acceptors (Lipinski definition) is 3. The van der Waals surface area contributed by atoms with Gasteiger partial charge in [-0.25, -0.2) is 9.78 Å². The molecule has 58 valence electrons. The summed E-state index contributed by atoms with van der Waals surface area (Å²) in [7, 11) is 0. The zero-order valence-electron chi connectivity index (χ0n) is 5.28. The van der Waals surface area contributed by atoms with Crippen LogP contribution in [0.4, 0.5) is 0 Å². The van der Waals surface area contributed by atoms with Crippen molar-refractivity contribution in [3.8, 4) is 5.75 Å². The number of hydrogen-bond donors (Lipinski definition) is 2. The van der Waals surface area contributed by atoms with Crippen LogP contribution < -0.4 is 0 Å². The summed E-state index contributed by atoms with van der Waals surface area (Å²) in [6.07, 6.45) is 0.992. The van der Waals surface area contributed by atoms with Gasteiger partial charge in [0.2, 0.25) is 0 Å². The van der Waals surface area contributed by atoms with Crippen molar-refractivity contribution in [1.82, 2.24) is 4.98 Å². The van der Waals surface area contributed by atoms with E-state index in [1.807, 2.05) is 0 Å². The van der Waals surface area contributed by atoms with Gasteiger partial charge < -0.3 is 10.2 Å².